The van der Waals surface area contributed by atoms with Gasteiger partial charge in [0.15, 0.2) is 6.61 Å². The molecule has 0 aliphatic heterocycles. The average molecular weight is 533 g/mol. The molecule has 0 unspecified atom stereocenters. The van der Waals surface area contributed by atoms with Gasteiger partial charge in [-0.1, -0.05) is 54.9 Å². The predicted molar refractivity (Wildman–Crippen MR) is 142 cm³/mol. The molecule has 0 saturated heterocycles. The van der Waals surface area contributed by atoms with Crippen molar-refractivity contribution in [3.8, 4) is 5.75 Å². The van der Waals surface area contributed by atoms with E-state index in [1.165, 1.54) is 4.68 Å². The minimum atomic E-state index is -0.393. The molecule has 1 heterocycles. The van der Waals surface area contributed by atoms with Crippen LogP contribution in [0, 0.1) is 0 Å². The van der Waals surface area contributed by atoms with Gasteiger partial charge in [-0.15, -0.1) is 0 Å². The maximum Gasteiger partial charge on any atom is 0.282 e. The molecule has 0 bridgehead atoms. The molecule has 0 atom stereocenters. The van der Waals surface area contributed by atoms with Crippen LogP contribution in [-0.2, 0) is 10.2 Å². The molecule has 4 aromatic rings. The smallest absolute Gasteiger partial charge is 0.282 e. The lowest BCUT2D eigenvalue weighted by atomic mass is 9.95. The summed E-state index contributed by atoms with van der Waals surface area (Å²) in [7, 11) is 0. The maximum atomic E-state index is 13.2. The Bertz CT molecular complexity index is 1440. The zero-order valence-electron chi connectivity index (χ0n) is 19.7. The van der Waals surface area contributed by atoms with E-state index < -0.39 is 5.41 Å². The Labute approximate surface area is 211 Å². The van der Waals surface area contributed by atoms with Crippen molar-refractivity contribution in [2.24, 2.45) is 5.10 Å². The third kappa shape index (κ3) is 6.02. The third-order valence-corrected chi connectivity index (χ3v) is 5.60. The Morgan fingerprint density at radius 1 is 1.09 bits per heavy atom. The highest BCUT2D eigenvalue weighted by atomic mass is 79.9. The molecular formula is C27H25BrN4O3. The number of fused-ring (bicyclic) bond motifs is 1. The topological polar surface area (TPSA) is 85.6 Å². The van der Waals surface area contributed by atoms with Gasteiger partial charge in [-0.05, 0) is 60.2 Å². The molecule has 0 aliphatic carbocycles. The summed E-state index contributed by atoms with van der Waals surface area (Å²) in [6.45, 7) is 5.87. The number of nitrogens with zero attached hydrogens (tertiary/aromatic N) is 3. The van der Waals surface area contributed by atoms with E-state index in [1.807, 2.05) is 63.2 Å². The van der Waals surface area contributed by atoms with Crippen molar-refractivity contribution in [3.63, 3.8) is 0 Å². The summed E-state index contributed by atoms with van der Waals surface area (Å²) in [6, 6.07) is 21.8. The highest BCUT2D eigenvalue weighted by Crippen LogP contribution is 2.23. The van der Waals surface area contributed by atoms with Crippen molar-refractivity contribution in [3.05, 3.63) is 99.0 Å². The molecule has 0 saturated carbocycles. The minimum Gasteiger partial charge on any atom is -0.484 e. The van der Waals surface area contributed by atoms with Gasteiger partial charge in [-0.2, -0.15) is 9.78 Å². The summed E-state index contributed by atoms with van der Waals surface area (Å²) < 4.78 is 7.73. The molecule has 1 N–H and O–H groups in total. The van der Waals surface area contributed by atoms with Gasteiger partial charge >= 0.3 is 0 Å². The molecular weight excluding hydrogens is 508 g/mol. The number of ether oxygens (including phenoxy) is 1. The number of hydrogen-bond donors (Lipinski definition) is 1. The Morgan fingerprint density at radius 3 is 2.49 bits per heavy atom. The summed E-state index contributed by atoms with van der Waals surface area (Å²) in [4.78, 5) is 30.0. The molecule has 7 nitrogen and oxygen atoms in total. The quantitative estimate of drug-likeness (QED) is 0.339. The number of carbonyl (C=O) groups excluding carboxylic acids is 1. The van der Waals surface area contributed by atoms with Gasteiger partial charge in [0.1, 0.15) is 11.6 Å². The summed E-state index contributed by atoms with van der Waals surface area (Å²) in [5.41, 5.74) is 1.49. The molecule has 8 heteroatoms. The highest BCUT2D eigenvalue weighted by Gasteiger charge is 2.22. The fourth-order valence-electron chi connectivity index (χ4n) is 3.38. The van der Waals surface area contributed by atoms with E-state index in [9.17, 15) is 9.59 Å². The van der Waals surface area contributed by atoms with Crippen LogP contribution in [0.1, 0.15) is 32.2 Å². The molecule has 1 aromatic heterocycles. The Kier molecular flexibility index (Phi) is 7.12. The molecule has 4 rings (SSSR count). The first-order chi connectivity index (χ1) is 16.7. The van der Waals surface area contributed by atoms with Crippen molar-refractivity contribution in [2.45, 2.75) is 26.2 Å². The van der Waals surface area contributed by atoms with Crippen molar-refractivity contribution >= 4 is 44.6 Å². The number of para-hydroxylation sites is 1. The van der Waals surface area contributed by atoms with Crippen LogP contribution in [-0.4, -0.2) is 28.4 Å². The summed E-state index contributed by atoms with van der Waals surface area (Å²) in [5.74, 6) is 0.874. The standard InChI is InChI=1S/C27H25BrN4O3/c1-27(2,3)26-31-23-14-11-19(28)15-22(23)25(34)32(26)29-16-18-9-12-21(13-10-18)35-17-24(33)30-20-7-5-4-6-8-20/h4-16H,17H2,1-3H3,(H,30,33). The number of rotatable bonds is 6. The van der Waals surface area contributed by atoms with Crippen LogP contribution in [0.2, 0.25) is 0 Å². The normalized spacial score (nSPS) is 11.7. The van der Waals surface area contributed by atoms with Gasteiger partial charge in [-0.3, -0.25) is 9.59 Å². The number of aromatic nitrogens is 2. The second-order valence-electron chi connectivity index (χ2n) is 8.98. The van der Waals surface area contributed by atoms with Crippen LogP contribution in [0.15, 0.2) is 87.2 Å². The van der Waals surface area contributed by atoms with Crippen molar-refractivity contribution in [1.82, 2.24) is 9.66 Å². The van der Waals surface area contributed by atoms with Gasteiger partial charge < -0.3 is 10.1 Å². The van der Waals surface area contributed by atoms with Gasteiger partial charge in [0.25, 0.3) is 11.5 Å². The molecule has 0 spiro atoms. The summed E-state index contributed by atoms with van der Waals surface area (Å²) in [6.07, 6.45) is 1.61. The highest BCUT2D eigenvalue weighted by molar-refractivity contribution is 9.10. The van der Waals surface area contributed by atoms with Crippen LogP contribution in [0.4, 0.5) is 5.69 Å². The lowest BCUT2D eigenvalue weighted by Crippen LogP contribution is -2.29. The molecule has 3 aromatic carbocycles. The number of halogens is 1. The molecule has 0 aliphatic rings. The number of benzene rings is 3. The third-order valence-electron chi connectivity index (χ3n) is 5.11. The van der Waals surface area contributed by atoms with Crippen molar-refractivity contribution in [2.75, 3.05) is 11.9 Å². The summed E-state index contributed by atoms with van der Waals surface area (Å²) in [5, 5.41) is 7.73. The second-order valence-corrected chi connectivity index (χ2v) is 9.90. The number of amides is 1. The van der Waals surface area contributed by atoms with E-state index in [1.54, 1.807) is 36.5 Å². The van der Waals surface area contributed by atoms with E-state index in [0.717, 1.165) is 10.0 Å². The van der Waals surface area contributed by atoms with Crippen LogP contribution in [0.3, 0.4) is 0 Å². The van der Waals surface area contributed by atoms with Gasteiger partial charge in [0.2, 0.25) is 0 Å². The second kappa shape index (κ2) is 10.2. The van der Waals surface area contributed by atoms with E-state index in [-0.39, 0.29) is 18.1 Å². The first-order valence-electron chi connectivity index (χ1n) is 11.1. The molecule has 178 valence electrons. The first kappa shape index (κ1) is 24.3. The Morgan fingerprint density at radius 2 is 1.80 bits per heavy atom. The SMILES string of the molecule is CC(C)(C)c1nc2ccc(Br)cc2c(=O)n1N=Cc1ccc(OCC(=O)Nc2ccccc2)cc1. The summed E-state index contributed by atoms with van der Waals surface area (Å²) >= 11 is 3.42. The average Bonchev–Trinajstić information content (AvgIpc) is 2.83. The van der Waals surface area contributed by atoms with Crippen LogP contribution in [0.25, 0.3) is 10.9 Å². The largest absolute Gasteiger partial charge is 0.484 e. The van der Waals surface area contributed by atoms with Crippen molar-refractivity contribution < 1.29 is 9.53 Å². The Hall–Kier alpha value is -3.78. The number of hydrogen-bond acceptors (Lipinski definition) is 5. The van der Waals surface area contributed by atoms with E-state index in [0.29, 0.717) is 28.2 Å². The number of anilines is 1. The Balaban J connectivity index is 1.51. The monoisotopic (exact) mass is 532 g/mol. The molecule has 0 fully saturated rings. The van der Waals surface area contributed by atoms with Crippen LogP contribution < -0.4 is 15.6 Å². The fraction of sp³-hybridized carbons (Fsp3) is 0.185. The van der Waals surface area contributed by atoms with Gasteiger partial charge in [-0.25, -0.2) is 4.98 Å². The van der Waals surface area contributed by atoms with Crippen molar-refractivity contribution in [1.29, 1.82) is 0 Å². The molecule has 35 heavy (non-hydrogen) atoms. The zero-order chi connectivity index (χ0) is 25.0. The molecule has 1 amide bonds. The molecule has 0 radical (unpaired) electrons. The van der Waals surface area contributed by atoms with E-state index in [4.69, 9.17) is 9.72 Å². The lowest BCUT2D eigenvalue weighted by Gasteiger charge is -2.20. The predicted octanol–water partition coefficient (Wildman–Crippen LogP) is 5.36. The van der Waals surface area contributed by atoms with E-state index >= 15 is 0 Å². The minimum absolute atomic E-state index is 0.106. The first-order valence-corrected chi connectivity index (χ1v) is 11.8. The lowest BCUT2D eigenvalue weighted by molar-refractivity contribution is -0.118. The van der Waals surface area contributed by atoms with E-state index in [2.05, 4.69) is 26.3 Å². The maximum absolute atomic E-state index is 13.2. The number of carbonyl (C=O) groups is 1. The van der Waals surface area contributed by atoms with Gasteiger partial charge in [0.05, 0.1) is 17.1 Å². The number of nitrogens with one attached hydrogen (secondary N) is 1. The van der Waals surface area contributed by atoms with Gasteiger partial charge in [0, 0.05) is 15.6 Å². The zero-order valence-corrected chi connectivity index (χ0v) is 21.2. The van der Waals surface area contributed by atoms with Crippen LogP contribution in [0.5, 0.6) is 5.75 Å². The fourth-order valence-corrected chi connectivity index (χ4v) is 3.74. The van der Waals surface area contributed by atoms with Crippen LogP contribution >= 0.6 is 15.9 Å².